The number of benzene rings is 1. The van der Waals surface area contributed by atoms with Crippen molar-refractivity contribution in [2.45, 2.75) is 26.3 Å². The Bertz CT molecular complexity index is 658. The van der Waals surface area contributed by atoms with E-state index in [2.05, 4.69) is 15.6 Å². The molecule has 2 amide bonds. The van der Waals surface area contributed by atoms with Gasteiger partial charge in [0, 0.05) is 5.38 Å². The number of carbonyl (C=O) groups is 2. The first kappa shape index (κ1) is 17.0. The Morgan fingerprint density at radius 1 is 1.30 bits per heavy atom. The van der Waals surface area contributed by atoms with Gasteiger partial charge < -0.3 is 10.1 Å². The number of aromatic nitrogens is 1. The van der Waals surface area contributed by atoms with E-state index in [-0.39, 0.29) is 18.4 Å². The summed E-state index contributed by atoms with van der Waals surface area (Å²) in [6.07, 6.45) is -0.381. The van der Waals surface area contributed by atoms with Crippen LogP contribution in [0.3, 0.4) is 0 Å². The minimum atomic E-state index is -0.546. The number of nitrogens with zero attached hydrogens (tertiary/aromatic N) is 1. The molecule has 7 heteroatoms. The Labute approximate surface area is 138 Å². The van der Waals surface area contributed by atoms with Crippen molar-refractivity contribution in [3.05, 3.63) is 47.0 Å². The van der Waals surface area contributed by atoms with Crippen molar-refractivity contribution in [2.75, 3.05) is 11.9 Å². The second kappa shape index (κ2) is 8.28. The Hall–Kier alpha value is -2.41. The Kier molecular flexibility index (Phi) is 6.10. The first-order valence-electron chi connectivity index (χ1n) is 7.31. The summed E-state index contributed by atoms with van der Waals surface area (Å²) in [6, 6.07) is 9.67. The summed E-state index contributed by atoms with van der Waals surface area (Å²) in [5, 5.41) is 7.61. The zero-order valence-corrected chi connectivity index (χ0v) is 13.9. The maximum Gasteiger partial charge on any atom is 0.413 e. The monoisotopic (exact) mass is 333 g/mol. The lowest BCUT2D eigenvalue weighted by Crippen LogP contribution is -2.28. The highest BCUT2D eigenvalue weighted by molar-refractivity contribution is 7.13. The highest BCUT2D eigenvalue weighted by Gasteiger charge is 2.13. The number of hydrogen-bond acceptors (Lipinski definition) is 5. The van der Waals surface area contributed by atoms with Crippen molar-refractivity contribution < 1.29 is 14.3 Å². The van der Waals surface area contributed by atoms with Crippen LogP contribution in [0.5, 0.6) is 0 Å². The van der Waals surface area contributed by atoms with Gasteiger partial charge in [0.1, 0.15) is 0 Å². The standard InChI is InChI=1S/C16H19N3O3S/c1-3-22-16(21)19-15-18-13(10-23-15)9-14(20)17-11(2)12-7-5-4-6-8-12/h4-8,10-11H,3,9H2,1-2H3,(H,17,20)(H,18,19,21). The fraction of sp³-hybridized carbons (Fsp3) is 0.312. The molecule has 0 saturated carbocycles. The Morgan fingerprint density at radius 3 is 2.74 bits per heavy atom. The highest BCUT2D eigenvalue weighted by atomic mass is 32.1. The predicted molar refractivity (Wildman–Crippen MR) is 89.5 cm³/mol. The fourth-order valence-corrected chi connectivity index (χ4v) is 2.68. The minimum Gasteiger partial charge on any atom is -0.450 e. The average molecular weight is 333 g/mol. The summed E-state index contributed by atoms with van der Waals surface area (Å²) in [4.78, 5) is 27.6. The molecule has 0 aliphatic heterocycles. The summed E-state index contributed by atoms with van der Waals surface area (Å²) >= 11 is 1.26. The molecule has 0 aliphatic rings. The van der Waals surface area contributed by atoms with Crippen molar-refractivity contribution in [1.29, 1.82) is 0 Å². The highest BCUT2D eigenvalue weighted by Crippen LogP contribution is 2.17. The summed E-state index contributed by atoms with van der Waals surface area (Å²) in [7, 11) is 0. The number of carbonyl (C=O) groups excluding carboxylic acids is 2. The molecular weight excluding hydrogens is 314 g/mol. The van der Waals surface area contributed by atoms with E-state index in [0.717, 1.165) is 5.56 Å². The second-order valence-electron chi connectivity index (χ2n) is 4.87. The van der Waals surface area contributed by atoms with Crippen LogP contribution in [0.2, 0.25) is 0 Å². The van der Waals surface area contributed by atoms with Crippen LogP contribution in [-0.4, -0.2) is 23.6 Å². The van der Waals surface area contributed by atoms with E-state index in [4.69, 9.17) is 4.74 Å². The summed E-state index contributed by atoms with van der Waals surface area (Å²) in [5.74, 6) is -0.116. The molecular formula is C16H19N3O3S. The molecule has 1 atom stereocenters. The van der Waals surface area contributed by atoms with Crippen molar-refractivity contribution in [2.24, 2.45) is 0 Å². The third-order valence-corrected chi connectivity index (χ3v) is 3.86. The van der Waals surface area contributed by atoms with Gasteiger partial charge in [-0.05, 0) is 19.4 Å². The number of amides is 2. The molecule has 2 rings (SSSR count). The molecule has 1 heterocycles. The molecule has 1 aromatic heterocycles. The maximum atomic E-state index is 12.1. The lowest BCUT2D eigenvalue weighted by Gasteiger charge is -2.13. The quantitative estimate of drug-likeness (QED) is 0.851. The van der Waals surface area contributed by atoms with Gasteiger partial charge in [-0.1, -0.05) is 30.3 Å². The van der Waals surface area contributed by atoms with Crippen LogP contribution >= 0.6 is 11.3 Å². The van der Waals surface area contributed by atoms with Gasteiger partial charge in [0.05, 0.1) is 24.8 Å². The van der Waals surface area contributed by atoms with Crippen LogP contribution in [-0.2, 0) is 16.0 Å². The molecule has 0 bridgehead atoms. The molecule has 0 saturated heterocycles. The third-order valence-electron chi connectivity index (χ3n) is 3.05. The van der Waals surface area contributed by atoms with E-state index in [1.165, 1.54) is 11.3 Å². The molecule has 0 radical (unpaired) electrons. The van der Waals surface area contributed by atoms with Crippen LogP contribution in [0.1, 0.15) is 31.1 Å². The lowest BCUT2D eigenvalue weighted by atomic mass is 10.1. The number of ether oxygens (including phenoxy) is 1. The van der Waals surface area contributed by atoms with Crippen LogP contribution in [0, 0.1) is 0 Å². The number of hydrogen-bond donors (Lipinski definition) is 2. The minimum absolute atomic E-state index is 0.0699. The zero-order chi connectivity index (χ0) is 16.7. The maximum absolute atomic E-state index is 12.1. The van der Waals surface area contributed by atoms with Gasteiger partial charge in [-0.15, -0.1) is 11.3 Å². The molecule has 1 aromatic carbocycles. The largest absolute Gasteiger partial charge is 0.450 e. The van der Waals surface area contributed by atoms with Crippen LogP contribution < -0.4 is 10.6 Å². The topological polar surface area (TPSA) is 80.3 Å². The Morgan fingerprint density at radius 2 is 2.04 bits per heavy atom. The van der Waals surface area contributed by atoms with Gasteiger partial charge in [0.15, 0.2) is 5.13 Å². The van der Waals surface area contributed by atoms with Gasteiger partial charge >= 0.3 is 6.09 Å². The van der Waals surface area contributed by atoms with Gasteiger partial charge in [-0.25, -0.2) is 9.78 Å². The van der Waals surface area contributed by atoms with E-state index in [0.29, 0.717) is 17.4 Å². The van der Waals surface area contributed by atoms with Crippen LogP contribution in [0.4, 0.5) is 9.93 Å². The summed E-state index contributed by atoms with van der Waals surface area (Å²) in [5.41, 5.74) is 1.66. The molecule has 2 aromatic rings. The predicted octanol–water partition coefficient (Wildman–Crippen LogP) is 3.13. The number of thiazole rings is 1. The van der Waals surface area contributed by atoms with Gasteiger partial charge in [-0.3, -0.25) is 10.1 Å². The molecule has 0 aliphatic carbocycles. The van der Waals surface area contributed by atoms with Gasteiger partial charge in [0.25, 0.3) is 0 Å². The summed E-state index contributed by atoms with van der Waals surface area (Å²) in [6.45, 7) is 3.96. The van der Waals surface area contributed by atoms with Crippen LogP contribution in [0.25, 0.3) is 0 Å². The number of anilines is 1. The number of rotatable bonds is 6. The third kappa shape index (κ3) is 5.37. The molecule has 122 valence electrons. The van der Waals surface area contributed by atoms with Crippen molar-refractivity contribution >= 4 is 28.5 Å². The van der Waals surface area contributed by atoms with Crippen LogP contribution in [0.15, 0.2) is 35.7 Å². The zero-order valence-electron chi connectivity index (χ0n) is 13.0. The van der Waals surface area contributed by atoms with E-state index >= 15 is 0 Å². The summed E-state index contributed by atoms with van der Waals surface area (Å²) < 4.78 is 4.78. The first-order chi connectivity index (χ1) is 11.1. The average Bonchev–Trinajstić information content (AvgIpc) is 2.95. The van der Waals surface area contributed by atoms with E-state index in [9.17, 15) is 9.59 Å². The molecule has 1 unspecified atom stereocenters. The molecule has 0 spiro atoms. The van der Waals surface area contributed by atoms with E-state index < -0.39 is 6.09 Å². The fourth-order valence-electron chi connectivity index (χ4n) is 1.98. The van der Waals surface area contributed by atoms with Gasteiger partial charge in [-0.2, -0.15) is 0 Å². The van der Waals surface area contributed by atoms with E-state index in [1.54, 1.807) is 12.3 Å². The smallest absolute Gasteiger partial charge is 0.413 e. The molecule has 2 N–H and O–H groups in total. The normalized spacial score (nSPS) is 11.6. The van der Waals surface area contributed by atoms with Crippen molar-refractivity contribution in [1.82, 2.24) is 10.3 Å². The molecule has 6 nitrogen and oxygen atoms in total. The molecule has 0 fully saturated rings. The first-order valence-corrected chi connectivity index (χ1v) is 8.19. The second-order valence-corrected chi connectivity index (χ2v) is 5.72. The van der Waals surface area contributed by atoms with Crippen molar-refractivity contribution in [3.63, 3.8) is 0 Å². The number of nitrogens with one attached hydrogen (secondary N) is 2. The molecule has 23 heavy (non-hydrogen) atoms. The van der Waals surface area contributed by atoms with Crippen molar-refractivity contribution in [3.8, 4) is 0 Å². The van der Waals surface area contributed by atoms with E-state index in [1.807, 2.05) is 37.3 Å². The SMILES string of the molecule is CCOC(=O)Nc1nc(CC(=O)NC(C)c2ccccc2)cs1. The van der Waals surface area contributed by atoms with Gasteiger partial charge in [0.2, 0.25) is 5.91 Å². The lowest BCUT2D eigenvalue weighted by molar-refractivity contribution is -0.121. The Balaban J connectivity index is 1.86.